The molecule has 0 nitrogen and oxygen atoms in total. The Bertz CT molecular complexity index is 270. The number of hydrogen-bond donors (Lipinski definition) is 0. The van der Waals surface area contributed by atoms with Gasteiger partial charge in [0.2, 0.25) is 0 Å². The first-order chi connectivity index (χ1) is 5.04. The number of halogens is 4. The van der Waals surface area contributed by atoms with Crippen molar-refractivity contribution in [1.82, 2.24) is 0 Å². The minimum absolute atomic E-state index is 0.204. The quantitative estimate of drug-likeness (QED) is 0.539. The Morgan fingerprint density at radius 2 is 1.73 bits per heavy atom. The summed E-state index contributed by atoms with van der Waals surface area (Å²) in [6, 6.07) is 0.421. The van der Waals surface area contributed by atoms with Crippen molar-refractivity contribution in [3.63, 3.8) is 0 Å². The van der Waals surface area contributed by atoms with Crippen molar-refractivity contribution in [3.05, 3.63) is 34.1 Å². The molecule has 0 amide bonds. The van der Waals surface area contributed by atoms with E-state index in [9.17, 15) is 13.2 Å². The lowest BCUT2D eigenvalue weighted by Gasteiger charge is -2.00. The van der Waals surface area contributed by atoms with Gasteiger partial charge < -0.3 is 0 Å². The maximum atomic E-state index is 12.5. The maximum absolute atomic E-state index is 12.5. The van der Waals surface area contributed by atoms with E-state index in [1.807, 2.05) is 0 Å². The highest BCUT2D eigenvalue weighted by Gasteiger charge is 2.12. The first-order valence-corrected chi connectivity index (χ1v) is 3.21. The molecule has 1 aromatic rings. The Morgan fingerprint density at radius 1 is 1.18 bits per heavy atom. The number of hydrogen-bond acceptors (Lipinski definition) is 0. The standard InChI is InChI=1S/C7H4ClF3/c1-3-6(8)4(9)2-5(10)7(3)11/h2H,1H3. The molecule has 0 saturated heterocycles. The van der Waals surface area contributed by atoms with Gasteiger partial charge in [-0.1, -0.05) is 11.6 Å². The van der Waals surface area contributed by atoms with Crippen LogP contribution in [0.1, 0.15) is 5.56 Å². The molecule has 60 valence electrons. The van der Waals surface area contributed by atoms with E-state index in [1.165, 1.54) is 6.92 Å². The highest BCUT2D eigenvalue weighted by atomic mass is 35.5. The van der Waals surface area contributed by atoms with E-state index in [0.717, 1.165) is 0 Å². The molecule has 0 aliphatic heterocycles. The predicted molar refractivity (Wildman–Crippen MR) is 36.1 cm³/mol. The van der Waals surface area contributed by atoms with Crippen molar-refractivity contribution in [1.29, 1.82) is 0 Å². The molecular formula is C7H4ClF3. The van der Waals surface area contributed by atoms with Gasteiger partial charge in [-0.05, 0) is 6.92 Å². The van der Waals surface area contributed by atoms with Crippen molar-refractivity contribution < 1.29 is 13.2 Å². The summed E-state index contributed by atoms with van der Waals surface area (Å²) in [7, 11) is 0. The molecule has 0 aliphatic rings. The molecule has 0 aliphatic carbocycles. The number of benzene rings is 1. The van der Waals surface area contributed by atoms with E-state index in [2.05, 4.69) is 0 Å². The lowest BCUT2D eigenvalue weighted by atomic mass is 10.2. The van der Waals surface area contributed by atoms with Gasteiger partial charge in [-0.15, -0.1) is 0 Å². The molecule has 0 saturated carbocycles. The van der Waals surface area contributed by atoms with Crippen LogP contribution in [-0.2, 0) is 0 Å². The Labute approximate surface area is 66.6 Å². The Balaban J connectivity index is 3.46. The first kappa shape index (κ1) is 8.40. The molecule has 0 bridgehead atoms. The van der Waals surface area contributed by atoms with Crippen LogP contribution in [0.3, 0.4) is 0 Å². The molecule has 4 heteroatoms. The highest BCUT2D eigenvalue weighted by molar-refractivity contribution is 6.31. The Hall–Kier alpha value is -0.700. The summed E-state index contributed by atoms with van der Waals surface area (Å²) >= 11 is 5.27. The van der Waals surface area contributed by atoms with Crippen LogP contribution in [-0.4, -0.2) is 0 Å². The molecule has 1 rings (SSSR count). The van der Waals surface area contributed by atoms with Crippen LogP contribution >= 0.6 is 11.6 Å². The molecule has 11 heavy (non-hydrogen) atoms. The van der Waals surface area contributed by atoms with Crippen LogP contribution in [0.25, 0.3) is 0 Å². The summed E-state index contributed by atoms with van der Waals surface area (Å²) in [6.45, 7) is 1.21. The van der Waals surface area contributed by atoms with E-state index >= 15 is 0 Å². The summed E-state index contributed by atoms with van der Waals surface area (Å²) < 4.78 is 37.4. The van der Waals surface area contributed by atoms with Gasteiger partial charge in [0, 0.05) is 11.6 Å². The van der Waals surface area contributed by atoms with Gasteiger partial charge in [-0.3, -0.25) is 0 Å². The minimum Gasteiger partial charge on any atom is -0.205 e. The lowest BCUT2D eigenvalue weighted by molar-refractivity contribution is 0.489. The van der Waals surface area contributed by atoms with Crippen molar-refractivity contribution in [3.8, 4) is 0 Å². The fraction of sp³-hybridized carbons (Fsp3) is 0.143. The normalized spacial score (nSPS) is 10.3. The third-order valence-electron chi connectivity index (χ3n) is 1.33. The van der Waals surface area contributed by atoms with Gasteiger partial charge >= 0.3 is 0 Å². The first-order valence-electron chi connectivity index (χ1n) is 2.83. The molecule has 0 unspecified atom stereocenters. The van der Waals surface area contributed by atoms with Gasteiger partial charge in [0.1, 0.15) is 5.82 Å². The summed E-state index contributed by atoms with van der Waals surface area (Å²) in [5, 5.41) is -0.371. The van der Waals surface area contributed by atoms with Crippen molar-refractivity contribution in [2.75, 3.05) is 0 Å². The van der Waals surface area contributed by atoms with Gasteiger partial charge in [-0.25, -0.2) is 13.2 Å². The van der Waals surface area contributed by atoms with Crippen LogP contribution in [0.4, 0.5) is 13.2 Å². The third kappa shape index (κ3) is 1.33. The zero-order valence-electron chi connectivity index (χ0n) is 5.59. The van der Waals surface area contributed by atoms with Gasteiger partial charge in [0.25, 0.3) is 0 Å². The van der Waals surface area contributed by atoms with E-state index in [1.54, 1.807) is 0 Å². The predicted octanol–water partition coefficient (Wildman–Crippen LogP) is 3.07. The SMILES string of the molecule is Cc1c(F)c(F)cc(F)c1Cl. The second-order valence-corrected chi connectivity index (χ2v) is 2.47. The molecule has 0 atom stereocenters. The molecule has 0 spiro atoms. The third-order valence-corrected chi connectivity index (χ3v) is 1.80. The molecule has 0 N–H and O–H groups in total. The zero-order chi connectivity index (χ0) is 8.59. The van der Waals surface area contributed by atoms with E-state index in [-0.39, 0.29) is 10.6 Å². The van der Waals surface area contributed by atoms with E-state index in [4.69, 9.17) is 11.6 Å². The Kier molecular flexibility index (Phi) is 2.09. The molecular weight excluding hydrogens is 177 g/mol. The summed E-state index contributed by atoms with van der Waals surface area (Å²) in [5.41, 5.74) is -0.204. The minimum atomic E-state index is -1.22. The topological polar surface area (TPSA) is 0 Å². The van der Waals surface area contributed by atoms with Gasteiger partial charge in [0.15, 0.2) is 11.6 Å². The smallest absolute Gasteiger partial charge is 0.163 e. The monoisotopic (exact) mass is 180 g/mol. The average Bonchev–Trinajstić information content (AvgIpc) is 1.97. The fourth-order valence-corrected chi connectivity index (χ4v) is 0.830. The van der Waals surface area contributed by atoms with Crippen molar-refractivity contribution in [2.45, 2.75) is 6.92 Å². The molecule has 0 aromatic heterocycles. The fourth-order valence-electron chi connectivity index (χ4n) is 0.693. The molecule has 0 fully saturated rings. The molecule has 0 radical (unpaired) electrons. The van der Waals surface area contributed by atoms with Crippen LogP contribution in [0.15, 0.2) is 6.07 Å². The van der Waals surface area contributed by atoms with Crippen LogP contribution in [0, 0.1) is 24.4 Å². The largest absolute Gasteiger partial charge is 0.205 e. The molecule has 0 heterocycles. The Morgan fingerprint density at radius 3 is 2.27 bits per heavy atom. The van der Waals surface area contributed by atoms with Crippen LogP contribution in [0.5, 0.6) is 0 Å². The maximum Gasteiger partial charge on any atom is 0.163 e. The van der Waals surface area contributed by atoms with Crippen molar-refractivity contribution >= 4 is 11.6 Å². The second kappa shape index (κ2) is 2.74. The summed E-state index contributed by atoms with van der Waals surface area (Å²) in [4.78, 5) is 0. The summed E-state index contributed by atoms with van der Waals surface area (Å²) in [5.74, 6) is -3.26. The van der Waals surface area contributed by atoms with Crippen LogP contribution in [0.2, 0.25) is 5.02 Å². The molecule has 1 aromatic carbocycles. The number of rotatable bonds is 0. The van der Waals surface area contributed by atoms with Gasteiger partial charge in [-0.2, -0.15) is 0 Å². The van der Waals surface area contributed by atoms with E-state index < -0.39 is 17.5 Å². The zero-order valence-corrected chi connectivity index (χ0v) is 6.35. The summed E-state index contributed by atoms with van der Waals surface area (Å²) in [6.07, 6.45) is 0. The average molecular weight is 181 g/mol. The highest BCUT2D eigenvalue weighted by Crippen LogP contribution is 2.23. The van der Waals surface area contributed by atoms with Crippen LogP contribution < -0.4 is 0 Å². The second-order valence-electron chi connectivity index (χ2n) is 2.09. The lowest BCUT2D eigenvalue weighted by Crippen LogP contribution is -1.92. The van der Waals surface area contributed by atoms with Gasteiger partial charge in [0.05, 0.1) is 5.02 Å². The van der Waals surface area contributed by atoms with E-state index in [0.29, 0.717) is 6.07 Å². The van der Waals surface area contributed by atoms with Crippen molar-refractivity contribution in [2.24, 2.45) is 0 Å².